The number of aromatic nitrogens is 3. The maximum atomic E-state index is 14.4. The predicted octanol–water partition coefficient (Wildman–Crippen LogP) is 2.78. The van der Waals surface area contributed by atoms with E-state index in [-0.39, 0.29) is 11.7 Å². The molecule has 0 unspecified atom stereocenters. The summed E-state index contributed by atoms with van der Waals surface area (Å²) in [6.07, 6.45) is 1.93. The first kappa shape index (κ1) is 21.2. The van der Waals surface area contributed by atoms with Crippen LogP contribution in [0.2, 0.25) is 0 Å². The van der Waals surface area contributed by atoms with E-state index >= 15 is 0 Å². The van der Waals surface area contributed by atoms with Gasteiger partial charge in [-0.05, 0) is 43.5 Å². The summed E-state index contributed by atoms with van der Waals surface area (Å²) in [5.41, 5.74) is 3.87. The number of carbonyl (C=O) groups is 1. The summed E-state index contributed by atoms with van der Waals surface area (Å²) in [4.78, 5) is 28.1. The highest BCUT2D eigenvalue weighted by Crippen LogP contribution is 2.29. The molecule has 32 heavy (non-hydrogen) atoms. The number of halogens is 1. The number of nitrogens with zero attached hydrogens (tertiary/aromatic N) is 4. The van der Waals surface area contributed by atoms with Crippen molar-refractivity contribution < 1.29 is 9.18 Å². The van der Waals surface area contributed by atoms with Gasteiger partial charge in [-0.2, -0.15) is 0 Å². The highest BCUT2D eigenvalue weighted by atomic mass is 32.2. The molecule has 2 N–H and O–H groups in total. The Morgan fingerprint density at radius 1 is 1.25 bits per heavy atom. The van der Waals surface area contributed by atoms with Crippen LogP contribution in [-0.2, 0) is 17.8 Å². The number of likely N-dealkylation sites (tertiary alicyclic amines) is 1. The van der Waals surface area contributed by atoms with E-state index in [0.717, 1.165) is 48.0 Å². The van der Waals surface area contributed by atoms with E-state index in [4.69, 9.17) is 0 Å². The van der Waals surface area contributed by atoms with Gasteiger partial charge in [0.1, 0.15) is 11.6 Å². The normalized spacial score (nSPS) is 16.6. The lowest BCUT2D eigenvalue weighted by atomic mass is 9.99. The molecule has 5 rings (SSSR count). The number of hydrogen-bond acceptors (Lipinski definition) is 7. The van der Waals surface area contributed by atoms with E-state index in [9.17, 15) is 9.18 Å². The first-order valence-electron chi connectivity index (χ1n) is 10.8. The average molecular weight is 453 g/mol. The first-order valence-corrected chi connectivity index (χ1v) is 11.8. The van der Waals surface area contributed by atoms with Gasteiger partial charge < -0.3 is 15.5 Å². The van der Waals surface area contributed by atoms with Crippen molar-refractivity contribution in [1.82, 2.24) is 25.2 Å². The minimum Gasteiger partial charge on any atom is -0.311 e. The van der Waals surface area contributed by atoms with Crippen molar-refractivity contribution >= 4 is 34.5 Å². The van der Waals surface area contributed by atoms with Crippen LogP contribution >= 0.6 is 11.8 Å². The molecule has 5 heterocycles. The minimum atomic E-state index is -0.276. The molecule has 1 saturated heterocycles. The third-order valence-corrected chi connectivity index (χ3v) is 6.93. The van der Waals surface area contributed by atoms with E-state index in [0.29, 0.717) is 41.5 Å². The lowest BCUT2D eigenvalue weighted by Crippen LogP contribution is -2.51. The van der Waals surface area contributed by atoms with Crippen molar-refractivity contribution in [3.8, 4) is 0 Å². The zero-order chi connectivity index (χ0) is 22.1. The number of amides is 1. The highest BCUT2D eigenvalue weighted by molar-refractivity contribution is 8.00. The second-order valence-electron chi connectivity index (χ2n) is 8.40. The summed E-state index contributed by atoms with van der Waals surface area (Å²) in [6, 6.07) is 7.83. The lowest BCUT2D eigenvalue weighted by molar-refractivity contribution is -0.113. The Morgan fingerprint density at radius 3 is 3.00 bits per heavy atom. The minimum absolute atomic E-state index is 0.000212. The van der Waals surface area contributed by atoms with Crippen LogP contribution in [0.15, 0.2) is 35.4 Å². The van der Waals surface area contributed by atoms with Crippen molar-refractivity contribution in [1.29, 1.82) is 0 Å². The molecule has 0 radical (unpaired) electrons. The Kier molecular flexibility index (Phi) is 6.03. The number of nitrogens with one attached hydrogen (secondary N) is 2. The van der Waals surface area contributed by atoms with Crippen LogP contribution in [0.25, 0.3) is 11.0 Å². The second-order valence-corrected chi connectivity index (χ2v) is 9.41. The first-order chi connectivity index (χ1) is 15.5. The predicted molar refractivity (Wildman–Crippen MR) is 123 cm³/mol. The number of rotatable bonds is 7. The quantitative estimate of drug-likeness (QED) is 0.570. The molecule has 0 spiro atoms. The molecule has 0 aliphatic carbocycles. The molecule has 2 aliphatic heterocycles. The Hall–Kier alpha value is -2.62. The van der Waals surface area contributed by atoms with Crippen LogP contribution < -0.4 is 10.6 Å². The van der Waals surface area contributed by atoms with E-state index in [1.54, 1.807) is 0 Å². The van der Waals surface area contributed by atoms with Crippen LogP contribution in [0.1, 0.15) is 17.0 Å². The SMILES string of the molecule is Cc1ccc2ncc(F)c(CCN3CC(CNCc4ccc5c(n4)NC(=O)CS5)C3)c2n1. The molecule has 1 fully saturated rings. The number of aryl methyl sites for hydroxylation is 1. The molecule has 166 valence electrons. The van der Waals surface area contributed by atoms with E-state index < -0.39 is 0 Å². The van der Waals surface area contributed by atoms with Crippen molar-refractivity contribution in [3.05, 3.63) is 53.2 Å². The van der Waals surface area contributed by atoms with Crippen LogP contribution in [0, 0.1) is 18.7 Å². The van der Waals surface area contributed by atoms with E-state index in [1.165, 1.54) is 18.0 Å². The molecule has 0 bridgehead atoms. The van der Waals surface area contributed by atoms with Crippen LogP contribution in [0.3, 0.4) is 0 Å². The molecule has 0 aromatic carbocycles. The standard InChI is InChI=1S/C23H25FN6OS/c1-14-2-4-19-22(27-14)17(18(24)10-26-19)6-7-30-11-15(12-30)8-25-9-16-3-5-20-23(28-16)29-21(31)13-32-20/h2-5,10,15,25H,6-9,11-13H2,1H3,(H,28,29,31). The molecule has 0 saturated carbocycles. The number of fused-ring (bicyclic) bond motifs is 2. The molecule has 1 amide bonds. The third kappa shape index (κ3) is 4.60. The zero-order valence-electron chi connectivity index (χ0n) is 17.9. The zero-order valence-corrected chi connectivity index (χ0v) is 18.7. The van der Waals surface area contributed by atoms with Crippen LogP contribution in [-0.4, -0.2) is 57.7 Å². The fraction of sp³-hybridized carbons (Fsp3) is 0.391. The lowest BCUT2D eigenvalue weighted by Gasteiger charge is -2.39. The molecular weight excluding hydrogens is 427 g/mol. The Balaban J connectivity index is 1.08. The molecule has 7 nitrogen and oxygen atoms in total. The van der Waals surface area contributed by atoms with Gasteiger partial charge in [0.05, 0.1) is 33.6 Å². The summed E-state index contributed by atoms with van der Waals surface area (Å²) >= 11 is 1.52. The highest BCUT2D eigenvalue weighted by Gasteiger charge is 2.26. The molecule has 2 aliphatic rings. The Labute approximate surface area is 190 Å². The van der Waals surface area contributed by atoms with Gasteiger partial charge in [-0.1, -0.05) is 0 Å². The number of thioether (sulfide) groups is 1. The molecule has 0 atom stereocenters. The number of hydrogen-bond donors (Lipinski definition) is 2. The van der Waals surface area contributed by atoms with Crippen LogP contribution in [0.4, 0.5) is 10.2 Å². The number of pyridine rings is 3. The van der Waals surface area contributed by atoms with Gasteiger partial charge in [-0.15, -0.1) is 11.8 Å². The largest absolute Gasteiger partial charge is 0.311 e. The van der Waals surface area contributed by atoms with Crippen molar-refractivity contribution in [2.24, 2.45) is 5.92 Å². The fourth-order valence-electron chi connectivity index (χ4n) is 4.20. The van der Waals surface area contributed by atoms with Gasteiger partial charge in [0.25, 0.3) is 0 Å². The monoisotopic (exact) mass is 452 g/mol. The smallest absolute Gasteiger partial charge is 0.235 e. The summed E-state index contributed by atoms with van der Waals surface area (Å²) < 4.78 is 14.4. The van der Waals surface area contributed by atoms with Gasteiger partial charge >= 0.3 is 0 Å². The summed E-state index contributed by atoms with van der Waals surface area (Å²) in [6.45, 7) is 6.29. The van der Waals surface area contributed by atoms with Gasteiger partial charge in [0.15, 0.2) is 0 Å². The summed E-state index contributed by atoms with van der Waals surface area (Å²) in [5.74, 6) is 1.41. The maximum absolute atomic E-state index is 14.4. The molecule has 3 aromatic heterocycles. The van der Waals surface area contributed by atoms with Crippen molar-refractivity contribution in [2.75, 3.05) is 37.2 Å². The summed E-state index contributed by atoms with van der Waals surface area (Å²) in [5, 5.41) is 6.30. The number of anilines is 1. The van der Waals surface area contributed by atoms with E-state index in [1.807, 2.05) is 31.2 Å². The molecule has 3 aromatic rings. The van der Waals surface area contributed by atoms with E-state index in [2.05, 4.69) is 30.5 Å². The van der Waals surface area contributed by atoms with Crippen molar-refractivity contribution in [3.63, 3.8) is 0 Å². The third-order valence-electron chi connectivity index (χ3n) is 5.89. The van der Waals surface area contributed by atoms with Gasteiger partial charge in [-0.3, -0.25) is 14.8 Å². The van der Waals surface area contributed by atoms with Crippen molar-refractivity contribution in [2.45, 2.75) is 24.8 Å². The second kappa shape index (κ2) is 9.09. The Bertz CT molecular complexity index is 1160. The fourth-order valence-corrected chi connectivity index (χ4v) is 4.95. The maximum Gasteiger partial charge on any atom is 0.235 e. The summed E-state index contributed by atoms with van der Waals surface area (Å²) in [7, 11) is 0. The Morgan fingerprint density at radius 2 is 2.12 bits per heavy atom. The van der Waals surface area contributed by atoms with Gasteiger partial charge in [0, 0.05) is 44.0 Å². The number of carbonyl (C=O) groups excluding carboxylic acids is 1. The average Bonchev–Trinajstić information content (AvgIpc) is 2.75. The van der Waals surface area contributed by atoms with Gasteiger partial charge in [-0.25, -0.2) is 9.37 Å². The van der Waals surface area contributed by atoms with Crippen LogP contribution in [0.5, 0.6) is 0 Å². The topological polar surface area (TPSA) is 83.0 Å². The molecular formula is C23H25FN6OS. The van der Waals surface area contributed by atoms with Gasteiger partial charge in [0.2, 0.25) is 5.91 Å². The molecule has 9 heteroatoms.